The molecule has 0 aliphatic carbocycles. The van der Waals surface area contributed by atoms with Crippen molar-refractivity contribution in [3.63, 3.8) is 0 Å². The molecule has 4 rings (SSSR count). The van der Waals surface area contributed by atoms with E-state index in [1.807, 2.05) is 25.1 Å². The Kier molecular flexibility index (Phi) is 5.59. The van der Waals surface area contributed by atoms with Gasteiger partial charge in [-0.2, -0.15) is 18.3 Å². The molecule has 1 aliphatic rings. The third-order valence-corrected chi connectivity index (χ3v) is 5.28. The van der Waals surface area contributed by atoms with Crippen molar-refractivity contribution >= 4 is 28.0 Å². The molecule has 7 nitrogen and oxygen atoms in total. The smallest absolute Gasteiger partial charge is 0.399 e. The zero-order chi connectivity index (χ0) is 22.2. The van der Waals surface area contributed by atoms with Gasteiger partial charge in [0.05, 0.1) is 24.5 Å². The first-order chi connectivity index (χ1) is 14.7. The molecule has 1 aliphatic heterocycles. The number of morpholine rings is 1. The molecule has 0 unspecified atom stereocenters. The molecule has 3 aromatic rings. The molecule has 2 aromatic carbocycles. The van der Waals surface area contributed by atoms with Gasteiger partial charge in [-0.25, -0.2) is 0 Å². The Balaban J connectivity index is 1.69. The highest BCUT2D eigenvalue weighted by Crippen LogP contribution is 2.34. The molecule has 0 amide bonds. The monoisotopic (exact) mass is 432 g/mol. The number of nitrogens with one attached hydrogen (secondary N) is 1. The first-order valence-electron chi connectivity index (χ1n) is 9.82. The minimum atomic E-state index is -4.52. The van der Waals surface area contributed by atoms with Crippen LogP contribution >= 0.6 is 0 Å². The Morgan fingerprint density at radius 2 is 1.81 bits per heavy atom. The van der Waals surface area contributed by atoms with E-state index in [9.17, 15) is 13.2 Å². The highest BCUT2D eigenvalue weighted by Gasteiger charge is 2.31. The summed E-state index contributed by atoms with van der Waals surface area (Å²) in [4.78, 5) is 2.20. The van der Waals surface area contributed by atoms with Crippen LogP contribution in [0.3, 0.4) is 0 Å². The van der Waals surface area contributed by atoms with Gasteiger partial charge in [0.15, 0.2) is 5.82 Å². The second-order valence-electron chi connectivity index (χ2n) is 7.47. The fourth-order valence-electron chi connectivity index (χ4n) is 3.65. The number of fused-ring (bicyclic) bond motifs is 1. The quantitative estimate of drug-likeness (QED) is 0.429. The number of aromatic nitrogens is 2. The zero-order valence-corrected chi connectivity index (χ0v) is 16.9. The van der Waals surface area contributed by atoms with Gasteiger partial charge in [0.25, 0.3) is 0 Å². The number of nitrogen functional groups attached to an aromatic ring is 1. The molecular weight excluding hydrogens is 409 g/mol. The number of benzene rings is 2. The van der Waals surface area contributed by atoms with Gasteiger partial charge in [-0.05, 0) is 42.8 Å². The van der Waals surface area contributed by atoms with E-state index in [0.29, 0.717) is 19.0 Å². The largest absolute Gasteiger partial charge is 0.416 e. The molecule has 164 valence electrons. The topological polar surface area (TPSA) is 102 Å². The lowest BCUT2D eigenvalue weighted by molar-refractivity contribution is -0.137. The van der Waals surface area contributed by atoms with Crippen LogP contribution in [0.25, 0.3) is 10.8 Å². The summed E-state index contributed by atoms with van der Waals surface area (Å²) < 4.78 is 44.9. The fraction of sp³-hybridized carbons (Fsp3) is 0.333. The molecule has 0 saturated carbocycles. The SMILES string of the molecule is Cc1nnc(N[C@H](N)c2cc(N)cc(C(F)(F)F)c2)c2cc(N3CCOCC3)ccc12. The van der Waals surface area contributed by atoms with Crippen molar-refractivity contribution in [2.45, 2.75) is 19.3 Å². The normalized spacial score (nSPS) is 15.8. The lowest BCUT2D eigenvalue weighted by atomic mass is 10.1. The minimum Gasteiger partial charge on any atom is -0.399 e. The number of nitrogens with two attached hydrogens (primary N) is 2. The van der Waals surface area contributed by atoms with Gasteiger partial charge in [-0.3, -0.25) is 0 Å². The number of halogens is 3. The standard InChI is InChI=1S/C21H23F3N6O/c1-12-17-3-2-16(30-4-6-31-7-5-30)11-18(17)20(29-28-12)27-19(26)13-8-14(21(22,23)24)10-15(25)9-13/h2-3,8-11,19H,4-7,25-26H2,1H3,(H,27,29)/t19-/m0/s1. The lowest BCUT2D eigenvalue weighted by Gasteiger charge is -2.29. The average Bonchev–Trinajstić information content (AvgIpc) is 2.75. The number of nitrogens with zero attached hydrogens (tertiary/aromatic N) is 3. The molecule has 2 heterocycles. The zero-order valence-electron chi connectivity index (χ0n) is 16.9. The summed E-state index contributed by atoms with van der Waals surface area (Å²) in [5.74, 6) is 0.388. The highest BCUT2D eigenvalue weighted by molar-refractivity contribution is 5.95. The van der Waals surface area contributed by atoms with Crippen LogP contribution in [0, 0.1) is 6.92 Å². The molecule has 31 heavy (non-hydrogen) atoms. The molecular formula is C21H23F3N6O. The Bertz CT molecular complexity index is 1100. The number of aryl methyl sites for hydroxylation is 1. The number of anilines is 3. The van der Waals surface area contributed by atoms with Crippen LogP contribution in [0.5, 0.6) is 0 Å². The number of hydrogen-bond donors (Lipinski definition) is 3. The van der Waals surface area contributed by atoms with Gasteiger partial charge < -0.3 is 26.4 Å². The Hall–Kier alpha value is -3.11. The van der Waals surface area contributed by atoms with Gasteiger partial charge in [0.1, 0.15) is 6.17 Å². The van der Waals surface area contributed by atoms with Gasteiger partial charge in [0.2, 0.25) is 0 Å². The molecule has 1 saturated heterocycles. The van der Waals surface area contributed by atoms with Gasteiger partial charge in [-0.1, -0.05) is 6.07 Å². The molecule has 0 bridgehead atoms. The van der Waals surface area contributed by atoms with E-state index in [1.165, 1.54) is 6.07 Å². The van der Waals surface area contributed by atoms with E-state index in [4.69, 9.17) is 16.2 Å². The van der Waals surface area contributed by atoms with Crippen molar-refractivity contribution in [2.75, 3.05) is 42.3 Å². The summed E-state index contributed by atoms with van der Waals surface area (Å²) >= 11 is 0. The molecule has 10 heteroatoms. The first kappa shape index (κ1) is 21.1. The molecule has 1 fully saturated rings. The molecule has 1 atom stereocenters. The van der Waals surface area contributed by atoms with E-state index < -0.39 is 17.9 Å². The van der Waals surface area contributed by atoms with Crippen molar-refractivity contribution in [3.05, 3.63) is 53.2 Å². The molecule has 0 spiro atoms. The molecule has 0 radical (unpaired) electrons. The Morgan fingerprint density at radius 3 is 2.52 bits per heavy atom. The van der Waals surface area contributed by atoms with Crippen LogP contribution in [-0.4, -0.2) is 36.5 Å². The number of ether oxygens (including phenoxy) is 1. The maximum Gasteiger partial charge on any atom is 0.416 e. The second-order valence-corrected chi connectivity index (χ2v) is 7.47. The van der Waals surface area contributed by atoms with E-state index in [-0.39, 0.29) is 11.3 Å². The van der Waals surface area contributed by atoms with Crippen molar-refractivity contribution < 1.29 is 17.9 Å². The Labute approximate surface area is 177 Å². The van der Waals surface area contributed by atoms with Crippen LogP contribution in [0.1, 0.15) is 23.0 Å². The number of rotatable bonds is 4. The summed E-state index contributed by atoms with van der Waals surface area (Å²) in [7, 11) is 0. The average molecular weight is 432 g/mol. The maximum absolute atomic E-state index is 13.2. The predicted octanol–water partition coefficient (Wildman–Crippen LogP) is 3.45. The summed E-state index contributed by atoms with van der Waals surface area (Å²) in [5.41, 5.74) is 12.9. The fourth-order valence-corrected chi connectivity index (χ4v) is 3.65. The summed E-state index contributed by atoms with van der Waals surface area (Å²) in [6, 6.07) is 9.24. The van der Waals surface area contributed by atoms with Crippen LogP contribution in [0.15, 0.2) is 36.4 Å². The van der Waals surface area contributed by atoms with Crippen molar-refractivity contribution in [1.82, 2.24) is 10.2 Å². The van der Waals surface area contributed by atoms with Crippen molar-refractivity contribution in [1.29, 1.82) is 0 Å². The van der Waals surface area contributed by atoms with Gasteiger partial charge in [-0.15, -0.1) is 5.10 Å². The van der Waals surface area contributed by atoms with Crippen LogP contribution in [0.4, 0.5) is 30.4 Å². The molecule has 5 N–H and O–H groups in total. The van der Waals surface area contributed by atoms with Crippen LogP contribution in [0.2, 0.25) is 0 Å². The van der Waals surface area contributed by atoms with Crippen molar-refractivity contribution in [3.8, 4) is 0 Å². The van der Waals surface area contributed by atoms with E-state index in [0.717, 1.165) is 47.4 Å². The summed E-state index contributed by atoms with van der Waals surface area (Å²) in [5, 5.41) is 13.0. The Morgan fingerprint density at radius 1 is 1.06 bits per heavy atom. The van der Waals surface area contributed by atoms with Crippen LogP contribution in [-0.2, 0) is 10.9 Å². The maximum atomic E-state index is 13.2. The van der Waals surface area contributed by atoms with Crippen molar-refractivity contribution in [2.24, 2.45) is 5.73 Å². The number of hydrogen-bond acceptors (Lipinski definition) is 7. The third kappa shape index (κ3) is 4.49. The third-order valence-electron chi connectivity index (χ3n) is 5.28. The van der Waals surface area contributed by atoms with E-state index >= 15 is 0 Å². The minimum absolute atomic E-state index is 0.0171. The lowest BCUT2D eigenvalue weighted by Crippen LogP contribution is -2.36. The van der Waals surface area contributed by atoms with E-state index in [2.05, 4.69) is 20.4 Å². The van der Waals surface area contributed by atoms with E-state index in [1.54, 1.807) is 0 Å². The second kappa shape index (κ2) is 8.20. The predicted molar refractivity (Wildman–Crippen MR) is 114 cm³/mol. The summed E-state index contributed by atoms with van der Waals surface area (Å²) in [6.45, 7) is 4.70. The first-order valence-corrected chi connectivity index (χ1v) is 9.82. The van der Waals surface area contributed by atoms with Crippen LogP contribution < -0.4 is 21.7 Å². The van der Waals surface area contributed by atoms with Gasteiger partial charge >= 0.3 is 6.18 Å². The summed E-state index contributed by atoms with van der Waals surface area (Å²) in [6.07, 6.45) is -5.48. The molecule has 1 aromatic heterocycles. The van der Waals surface area contributed by atoms with Gasteiger partial charge in [0, 0.05) is 35.2 Å². The highest BCUT2D eigenvalue weighted by atomic mass is 19.4. The number of alkyl halides is 3.